The molecule has 1 unspecified atom stereocenters. The van der Waals surface area contributed by atoms with E-state index in [0.717, 1.165) is 19.5 Å². The molecule has 15 heavy (non-hydrogen) atoms. The quantitative estimate of drug-likeness (QED) is 0.725. The Morgan fingerprint density at radius 1 is 1.33 bits per heavy atom. The average molecular weight is 207 g/mol. The maximum absolute atomic E-state index is 9.11. The van der Waals surface area contributed by atoms with Gasteiger partial charge in [-0.25, -0.2) is 0 Å². The molecule has 0 aromatic heterocycles. The van der Waals surface area contributed by atoms with Gasteiger partial charge in [-0.1, -0.05) is 18.2 Å². The molecule has 2 heteroatoms. The number of aryl methyl sites for hydroxylation is 1. The molecule has 0 aliphatic heterocycles. The van der Waals surface area contributed by atoms with Crippen LogP contribution in [0.3, 0.4) is 0 Å². The maximum atomic E-state index is 9.11. The zero-order valence-corrected chi connectivity index (χ0v) is 9.88. The molecule has 0 bridgehead atoms. The fraction of sp³-hybridized carbons (Fsp3) is 0.538. The molecular weight excluding hydrogens is 186 g/mol. The van der Waals surface area contributed by atoms with E-state index in [2.05, 4.69) is 37.4 Å². The first-order valence-corrected chi connectivity index (χ1v) is 5.55. The highest BCUT2D eigenvalue weighted by Gasteiger charge is 2.00. The van der Waals surface area contributed by atoms with Crippen molar-refractivity contribution in [3.63, 3.8) is 0 Å². The van der Waals surface area contributed by atoms with E-state index in [1.807, 2.05) is 6.92 Å². The molecule has 0 aliphatic carbocycles. The number of rotatable bonds is 5. The first-order valence-electron chi connectivity index (χ1n) is 5.55. The largest absolute Gasteiger partial charge is 0.393 e. The van der Waals surface area contributed by atoms with Crippen molar-refractivity contribution in [2.45, 2.75) is 39.8 Å². The van der Waals surface area contributed by atoms with Crippen LogP contribution in [0, 0.1) is 13.8 Å². The standard InChI is InChI=1S/C13H21NO/c1-10-5-4-6-13(12(10)3)9-14-8-7-11(2)15/h4-6,11,14-15H,7-9H2,1-3H3. The Labute approximate surface area is 92.3 Å². The van der Waals surface area contributed by atoms with E-state index in [9.17, 15) is 0 Å². The van der Waals surface area contributed by atoms with E-state index in [-0.39, 0.29) is 6.10 Å². The van der Waals surface area contributed by atoms with Gasteiger partial charge in [0.25, 0.3) is 0 Å². The van der Waals surface area contributed by atoms with E-state index >= 15 is 0 Å². The van der Waals surface area contributed by atoms with Crippen LogP contribution in [-0.2, 0) is 6.54 Å². The summed E-state index contributed by atoms with van der Waals surface area (Å²) < 4.78 is 0. The molecule has 0 spiro atoms. The zero-order chi connectivity index (χ0) is 11.3. The number of aliphatic hydroxyl groups excluding tert-OH is 1. The molecule has 0 heterocycles. The minimum absolute atomic E-state index is 0.212. The summed E-state index contributed by atoms with van der Waals surface area (Å²) in [6.07, 6.45) is 0.598. The van der Waals surface area contributed by atoms with Gasteiger partial charge in [0.1, 0.15) is 0 Å². The van der Waals surface area contributed by atoms with Gasteiger partial charge in [0, 0.05) is 6.54 Å². The van der Waals surface area contributed by atoms with Crippen LogP contribution in [0.4, 0.5) is 0 Å². The molecule has 0 saturated heterocycles. The number of benzene rings is 1. The van der Waals surface area contributed by atoms with Crippen molar-refractivity contribution in [2.75, 3.05) is 6.54 Å². The fourth-order valence-corrected chi connectivity index (χ4v) is 1.54. The first kappa shape index (κ1) is 12.2. The first-order chi connectivity index (χ1) is 7.11. The Hall–Kier alpha value is -0.860. The van der Waals surface area contributed by atoms with Crippen LogP contribution in [0.1, 0.15) is 30.0 Å². The lowest BCUT2D eigenvalue weighted by atomic mass is 10.0. The molecule has 84 valence electrons. The van der Waals surface area contributed by atoms with Gasteiger partial charge in [0.2, 0.25) is 0 Å². The van der Waals surface area contributed by atoms with Crippen molar-refractivity contribution in [3.05, 3.63) is 34.9 Å². The Morgan fingerprint density at radius 3 is 2.73 bits per heavy atom. The van der Waals surface area contributed by atoms with Gasteiger partial charge in [-0.2, -0.15) is 0 Å². The van der Waals surface area contributed by atoms with Gasteiger partial charge in [-0.15, -0.1) is 0 Å². The lowest BCUT2D eigenvalue weighted by Gasteiger charge is -2.10. The Bertz CT molecular complexity index is 307. The SMILES string of the molecule is Cc1cccc(CNCCC(C)O)c1C. The highest BCUT2D eigenvalue weighted by molar-refractivity contribution is 5.32. The van der Waals surface area contributed by atoms with Crippen LogP contribution in [0.15, 0.2) is 18.2 Å². The number of hydrogen-bond acceptors (Lipinski definition) is 2. The van der Waals surface area contributed by atoms with E-state index in [1.165, 1.54) is 16.7 Å². The van der Waals surface area contributed by atoms with Crippen molar-refractivity contribution < 1.29 is 5.11 Å². The molecule has 1 aromatic carbocycles. The third kappa shape index (κ3) is 4.02. The second kappa shape index (κ2) is 5.89. The molecule has 1 atom stereocenters. The van der Waals surface area contributed by atoms with Crippen molar-refractivity contribution in [3.8, 4) is 0 Å². The summed E-state index contributed by atoms with van der Waals surface area (Å²) in [6, 6.07) is 6.38. The van der Waals surface area contributed by atoms with E-state index in [4.69, 9.17) is 5.11 Å². The highest BCUT2D eigenvalue weighted by Crippen LogP contribution is 2.12. The monoisotopic (exact) mass is 207 g/mol. The molecule has 0 fully saturated rings. The van der Waals surface area contributed by atoms with Crippen molar-refractivity contribution in [1.82, 2.24) is 5.32 Å². The van der Waals surface area contributed by atoms with Crippen LogP contribution in [-0.4, -0.2) is 17.8 Å². The Morgan fingerprint density at radius 2 is 2.07 bits per heavy atom. The summed E-state index contributed by atoms with van der Waals surface area (Å²) in [5.74, 6) is 0. The second-order valence-corrected chi connectivity index (χ2v) is 4.17. The van der Waals surface area contributed by atoms with Crippen LogP contribution >= 0.6 is 0 Å². The van der Waals surface area contributed by atoms with Gasteiger partial charge in [0.05, 0.1) is 6.10 Å². The molecule has 2 nitrogen and oxygen atoms in total. The normalized spacial score (nSPS) is 12.8. The van der Waals surface area contributed by atoms with E-state index in [0.29, 0.717) is 0 Å². The summed E-state index contributed by atoms with van der Waals surface area (Å²) >= 11 is 0. The summed E-state index contributed by atoms with van der Waals surface area (Å²) in [4.78, 5) is 0. The van der Waals surface area contributed by atoms with Crippen molar-refractivity contribution in [2.24, 2.45) is 0 Å². The molecule has 1 rings (SSSR count). The lowest BCUT2D eigenvalue weighted by Crippen LogP contribution is -2.19. The van der Waals surface area contributed by atoms with Crippen LogP contribution in [0.5, 0.6) is 0 Å². The maximum Gasteiger partial charge on any atom is 0.0524 e. The minimum atomic E-state index is -0.212. The van der Waals surface area contributed by atoms with Gasteiger partial charge >= 0.3 is 0 Å². The summed E-state index contributed by atoms with van der Waals surface area (Å²) in [5, 5.41) is 12.4. The van der Waals surface area contributed by atoms with Gasteiger partial charge < -0.3 is 10.4 Å². The van der Waals surface area contributed by atoms with Crippen molar-refractivity contribution >= 4 is 0 Å². The van der Waals surface area contributed by atoms with Gasteiger partial charge in [-0.3, -0.25) is 0 Å². The van der Waals surface area contributed by atoms with Gasteiger partial charge in [-0.05, 0) is 50.4 Å². The molecule has 0 saturated carbocycles. The summed E-state index contributed by atoms with van der Waals surface area (Å²) in [5.41, 5.74) is 4.05. The predicted octanol–water partition coefficient (Wildman–Crippen LogP) is 2.16. The third-order valence-corrected chi connectivity index (χ3v) is 2.77. The average Bonchev–Trinajstić information content (AvgIpc) is 2.18. The molecule has 2 N–H and O–H groups in total. The molecule has 0 radical (unpaired) electrons. The Balaban J connectivity index is 2.41. The molecule has 0 aliphatic rings. The third-order valence-electron chi connectivity index (χ3n) is 2.77. The predicted molar refractivity (Wildman–Crippen MR) is 63.9 cm³/mol. The Kier molecular flexibility index (Phi) is 4.79. The van der Waals surface area contributed by atoms with Crippen LogP contribution in [0.25, 0.3) is 0 Å². The van der Waals surface area contributed by atoms with E-state index < -0.39 is 0 Å². The van der Waals surface area contributed by atoms with Crippen LogP contribution in [0.2, 0.25) is 0 Å². The number of hydrogen-bond donors (Lipinski definition) is 2. The number of aliphatic hydroxyl groups is 1. The highest BCUT2D eigenvalue weighted by atomic mass is 16.3. The van der Waals surface area contributed by atoms with Crippen molar-refractivity contribution in [1.29, 1.82) is 0 Å². The fourth-order valence-electron chi connectivity index (χ4n) is 1.54. The molecular formula is C13H21NO. The second-order valence-electron chi connectivity index (χ2n) is 4.17. The summed E-state index contributed by atoms with van der Waals surface area (Å²) in [7, 11) is 0. The van der Waals surface area contributed by atoms with E-state index in [1.54, 1.807) is 0 Å². The van der Waals surface area contributed by atoms with Gasteiger partial charge in [0.15, 0.2) is 0 Å². The molecule has 1 aromatic rings. The minimum Gasteiger partial charge on any atom is -0.393 e. The van der Waals surface area contributed by atoms with Crippen LogP contribution < -0.4 is 5.32 Å². The molecule has 0 amide bonds. The number of nitrogens with one attached hydrogen (secondary N) is 1. The topological polar surface area (TPSA) is 32.3 Å². The smallest absolute Gasteiger partial charge is 0.0524 e. The lowest BCUT2D eigenvalue weighted by molar-refractivity contribution is 0.183. The zero-order valence-electron chi connectivity index (χ0n) is 9.88. The summed E-state index contributed by atoms with van der Waals surface area (Å²) in [6.45, 7) is 7.86.